The highest BCUT2D eigenvalue weighted by atomic mass is 32.2. The fraction of sp³-hybridized carbons (Fsp3) is 0.294. The first-order chi connectivity index (χ1) is 11.7. The molecule has 0 spiro atoms. The molecule has 1 fully saturated rings. The Balaban J connectivity index is 1.45. The number of nitrogens with zero attached hydrogens (tertiary/aromatic N) is 4. The third-order valence-corrected chi connectivity index (χ3v) is 5.07. The van der Waals surface area contributed by atoms with Crippen molar-refractivity contribution >= 4 is 34.1 Å². The summed E-state index contributed by atoms with van der Waals surface area (Å²) in [6.45, 7) is 1.87. The number of hydrogen-bond donors (Lipinski definition) is 1. The van der Waals surface area contributed by atoms with Crippen molar-refractivity contribution in [1.82, 2.24) is 20.2 Å². The Morgan fingerprint density at radius 3 is 2.83 bits per heavy atom. The lowest BCUT2D eigenvalue weighted by atomic mass is 10.1. The van der Waals surface area contributed by atoms with Crippen molar-refractivity contribution in [3.8, 4) is 0 Å². The van der Waals surface area contributed by atoms with E-state index in [2.05, 4.69) is 26.9 Å². The zero-order chi connectivity index (χ0) is 16.5. The molecule has 24 heavy (non-hydrogen) atoms. The number of carbonyl (C=O) groups is 1. The normalized spacial score (nSPS) is 15.4. The van der Waals surface area contributed by atoms with Gasteiger partial charge >= 0.3 is 0 Å². The Bertz CT molecular complexity index is 889. The minimum Gasteiger partial charge on any atom is -0.325 e. The Hall–Kier alpha value is -2.41. The molecule has 1 aliphatic rings. The second kappa shape index (κ2) is 6.24. The molecule has 7 heteroatoms. The van der Waals surface area contributed by atoms with Gasteiger partial charge in [0.2, 0.25) is 11.1 Å². The molecule has 3 aromatic rings. The van der Waals surface area contributed by atoms with Crippen molar-refractivity contribution in [1.29, 1.82) is 0 Å². The third-order valence-electron chi connectivity index (χ3n) is 4.02. The van der Waals surface area contributed by atoms with Crippen LogP contribution in [0, 0.1) is 0 Å². The van der Waals surface area contributed by atoms with Crippen LogP contribution in [0.1, 0.15) is 25.8 Å². The van der Waals surface area contributed by atoms with Crippen LogP contribution in [-0.2, 0) is 4.79 Å². The smallest absolute Gasteiger partial charge is 0.237 e. The van der Waals surface area contributed by atoms with Crippen molar-refractivity contribution in [3.05, 3.63) is 42.5 Å². The summed E-state index contributed by atoms with van der Waals surface area (Å²) < 4.78 is 1.82. The quantitative estimate of drug-likeness (QED) is 0.722. The predicted molar refractivity (Wildman–Crippen MR) is 94.0 cm³/mol. The van der Waals surface area contributed by atoms with Gasteiger partial charge in [0.25, 0.3) is 0 Å². The topological polar surface area (TPSA) is 72.7 Å². The second-order valence-electron chi connectivity index (χ2n) is 5.95. The molecule has 1 unspecified atom stereocenters. The van der Waals surface area contributed by atoms with Gasteiger partial charge in [0, 0.05) is 5.69 Å². The molecule has 6 nitrogen and oxygen atoms in total. The van der Waals surface area contributed by atoms with Crippen LogP contribution in [0.25, 0.3) is 10.8 Å². The number of amides is 1. The van der Waals surface area contributed by atoms with Crippen molar-refractivity contribution in [2.75, 3.05) is 5.32 Å². The molecular formula is C17H17N5OS. The summed E-state index contributed by atoms with van der Waals surface area (Å²) in [5.74, 6) is -0.0550. The van der Waals surface area contributed by atoms with Gasteiger partial charge in [0.1, 0.15) is 0 Å². The van der Waals surface area contributed by atoms with Crippen LogP contribution < -0.4 is 5.32 Å². The molecule has 1 atom stereocenters. The van der Waals surface area contributed by atoms with Gasteiger partial charge in [-0.25, -0.2) is 4.68 Å². The number of nitrogens with one attached hydrogen (secondary N) is 1. The summed E-state index contributed by atoms with van der Waals surface area (Å²) in [6, 6.07) is 14.4. The van der Waals surface area contributed by atoms with Crippen LogP contribution in [0.5, 0.6) is 0 Å². The average Bonchev–Trinajstić information content (AvgIpc) is 3.34. The summed E-state index contributed by atoms with van der Waals surface area (Å²) in [6.07, 6.45) is 2.21. The Morgan fingerprint density at radius 1 is 1.25 bits per heavy atom. The van der Waals surface area contributed by atoms with Crippen molar-refractivity contribution in [3.63, 3.8) is 0 Å². The Labute approximate surface area is 143 Å². The lowest BCUT2D eigenvalue weighted by Crippen LogP contribution is -2.23. The van der Waals surface area contributed by atoms with Crippen molar-refractivity contribution in [2.24, 2.45) is 0 Å². The first-order valence-electron chi connectivity index (χ1n) is 7.95. The molecule has 1 aromatic heterocycles. The van der Waals surface area contributed by atoms with E-state index in [0.717, 1.165) is 29.3 Å². The largest absolute Gasteiger partial charge is 0.325 e. The predicted octanol–water partition coefficient (Wildman–Crippen LogP) is 3.28. The number of aromatic nitrogens is 4. The van der Waals surface area contributed by atoms with E-state index in [4.69, 9.17) is 0 Å². The molecule has 1 aliphatic carbocycles. The number of thioether (sulfide) groups is 1. The summed E-state index contributed by atoms with van der Waals surface area (Å²) in [4.78, 5) is 12.5. The fourth-order valence-corrected chi connectivity index (χ4v) is 3.39. The van der Waals surface area contributed by atoms with Gasteiger partial charge in [-0.05, 0) is 53.1 Å². The van der Waals surface area contributed by atoms with E-state index in [9.17, 15) is 4.79 Å². The second-order valence-corrected chi connectivity index (χ2v) is 7.26. The maximum absolute atomic E-state index is 12.5. The number of fused-ring (bicyclic) bond motifs is 1. The minimum absolute atomic E-state index is 0.0550. The van der Waals surface area contributed by atoms with Gasteiger partial charge in [0.05, 0.1) is 11.3 Å². The van der Waals surface area contributed by atoms with Gasteiger partial charge in [-0.15, -0.1) is 5.10 Å². The highest BCUT2D eigenvalue weighted by Gasteiger charge is 2.29. The van der Waals surface area contributed by atoms with Crippen LogP contribution in [0.15, 0.2) is 47.6 Å². The summed E-state index contributed by atoms with van der Waals surface area (Å²) in [5.41, 5.74) is 0.799. The van der Waals surface area contributed by atoms with Crippen LogP contribution >= 0.6 is 11.8 Å². The number of rotatable bonds is 5. The minimum atomic E-state index is -0.278. The standard InChI is InChI=1S/C17H17N5OS/c1-11(24-17-19-20-21-22(17)15-8-9-15)16(23)18-14-7-6-12-4-2-3-5-13(12)10-14/h2-7,10-11,15H,8-9H2,1H3,(H,18,23). The number of benzene rings is 2. The first kappa shape index (κ1) is 15.1. The van der Waals surface area contributed by atoms with Crippen LogP contribution in [0.2, 0.25) is 0 Å². The lowest BCUT2D eigenvalue weighted by molar-refractivity contribution is -0.115. The Morgan fingerprint density at radius 2 is 2.04 bits per heavy atom. The fourth-order valence-electron chi connectivity index (χ4n) is 2.53. The lowest BCUT2D eigenvalue weighted by Gasteiger charge is -2.12. The molecule has 1 saturated carbocycles. The first-order valence-corrected chi connectivity index (χ1v) is 8.83. The van der Waals surface area contributed by atoms with E-state index >= 15 is 0 Å². The number of carbonyl (C=O) groups excluding carboxylic acids is 1. The molecule has 0 radical (unpaired) electrons. The molecule has 0 aliphatic heterocycles. The summed E-state index contributed by atoms with van der Waals surface area (Å²) >= 11 is 1.39. The van der Waals surface area contributed by atoms with E-state index in [0.29, 0.717) is 11.2 Å². The third kappa shape index (κ3) is 3.12. The summed E-state index contributed by atoms with van der Waals surface area (Å²) in [7, 11) is 0. The van der Waals surface area contributed by atoms with Crippen LogP contribution in [-0.4, -0.2) is 31.4 Å². The SMILES string of the molecule is CC(Sc1nnnn1C1CC1)C(=O)Nc1ccc2ccccc2c1. The molecule has 1 N–H and O–H groups in total. The number of hydrogen-bond acceptors (Lipinski definition) is 5. The van der Waals surface area contributed by atoms with Crippen molar-refractivity contribution < 1.29 is 4.79 Å². The monoisotopic (exact) mass is 339 g/mol. The van der Waals surface area contributed by atoms with Gasteiger partial charge in [-0.3, -0.25) is 4.79 Å². The molecular weight excluding hydrogens is 322 g/mol. The Kier molecular flexibility index (Phi) is 3.93. The van der Waals surface area contributed by atoms with Gasteiger partial charge in [0.15, 0.2) is 0 Å². The van der Waals surface area contributed by atoms with Crippen LogP contribution in [0.4, 0.5) is 5.69 Å². The van der Waals surface area contributed by atoms with E-state index in [1.165, 1.54) is 11.8 Å². The van der Waals surface area contributed by atoms with E-state index in [1.54, 1.807) is 0 Å². The molecule has 0 saturated heterocycles. The maximum atomic E-state index is 12.5. The van der Waals surface area contributed by atoms with Gasteiger partial charge in [-0.2, -0.15) is 0 Å². The van der Waals surface area contributed by atoms with Gasteiger partial charge in [-0.1, -0.05) is 42.1 Å². The van der Waals surface area contributed by atoms with E-state index < -0.39 is 0 Å². The summed E-state index contributed by atoms with van der Waals surface area (Å²) in [5, 5.41) is 17.4. The average molecular weight is 339 g/mol. The molecule has 1 amide bonds. The molecule has 1 heterocycles. The maximum Gasteiger partial charge on any atom is 0.237 e. The molecule has 2 aromatic carbocycles. The van der Waals surface area contributed by atoms with Crippen molar-refractivity contribution in [2.45, 2.75) is 36.2 Å². The highest BCUT2D eigenvalue weighted by Crippen LogP contribution is 2.37. The van der Waals surface area contributed by atoms with Crippen LogP contribution in [0.3, 0.4) is 0 Å². The zero-order valence-corrected chi connectivity index (χ0v) is 14.0. The van der Waals surface area contributed by atoms with Gasteiger partial charge < -0.3 is 5.32 Å². The molecule has 4 rings (SSSR count). The molecule has 122 valence electrons. The number of anilines is 1. The zero-order valence-electron chi connectivity index (χ0n) is 13.2. The molecule has 0 bridgehead atoms. The number of tetrazole rings is 1. The van der Waals surface area contributed by atoms with E-state index in [-0.39, 0.29) is 11.2 Å². The highest BCUT2D eigenvalue weighted by molar-refractivity contribution is 8.00. The van der Waals surface area contributed by atoms with E-state index in [1.807, 2.05) is 48.0 Å².